The zero-order valence-electron chi connectivity index (χ0n) is 11.4. The second-order valence-corrected chi connectivity index (χ2v) is 3.64. The van der Waals surface area contributed by atoms with Crippen molar-refractivity contribution in [3.8, 4) is 0 Å². The molecule has 0 saturated heterocycles. The van der Waals surface area contributed by atoms with Crippen molar-refractivity contribution in [3.63, 3.8) is 0 Å². The quantitative estimate of drug-likeness (QED) is 0.507. The van der Waals surface area contributed by atoms with Crippen LogP contribution in [0.4, 0.5) is 17.7 Å². The number of pyridine rings is 1. The van der Waals surface area contributed by atoms with Crippen LogP contribution in [0.2, 0.25) is 0 Å². The lowest BCUT2D eigenvalue weighted by Crippen LogP contribution is -2.42. The van der Waals surface area contributed by atoms with E-state index in [2.05, 4.69) is 15.0 Å². The number of carbonyl (C=O) groups excluding carboxylic acids is 2. The summed E-state index contributed by atoms with van der Waals surface area (Å²) in [6.45, 7) is 1.37. The molecule has 1 rings (SSSR count). The van der Waals surface area contributed by atoms with Gasteiger partial charge in [0, 0.05) is 25.0 Å². The van der Waals surface area contributed by atoms with Gasteiger partial charge in [0.05, 0.1) is 7.11 Å². The highest BCUT2D eigenvalue weighted by atomic mass is 19.4. The first kappa shape index (κ1) is 21.2. The molecule has 2 N–H and O–H groups in total. The summed E-state index contributed by atoms with van der Waals surface area (Å²) in [5, 5.41) is 2.55. The predicted octanol–water partition coefficient (Wildman–Crippen LogP) is 0.753. The van der Waals surface area contributed by atoms with Crippen molar-refractivity contribution in [1.29, 1.82) is 0 Å². The van der Waals surface area contributed by atoms with E-state index in [-0.39, 0.29) is 10.6 Å². The van der Waals surface area contributed by atoms with Crippen LogP contribution in [0.1, 0.15) is 12.5 Å². The van der Waals surface area contributed by atoms with Gasteiger partial charge < -0.3 is 10.1 Å². The second-order valence-electron chi connectivity index (χ2n) is 3.64. The fourth-order valence-corrected chi connectivity index (χ4v) is 1.37. The maximum atomic E-state index is 11.4. The molecule has 1 heterocycles. The number of ether oxygens (including phenoxy) is 1. The zero-order chi connectivity index (χ0) is 15.5. The molecule has 0 fully saturated rings. The maximum Gasteiger partial charge on any atom is 0.762 e. The van der Waals surface area contributed by atoms with Crippen LogP contribution in [-0.4, -0.2) is 32.6 Å². The van der Waals surface area contributed by atoms with Crippen molar-refractivity contribution >= 4 is 19.4 Å². The number of aromatic nitrogens is 1. The van der Waals surface area contributed by atoms with Gasteiger partial charge in [0.1, 0.15) is 6.04 Å². The summed E-state index contributed by atoms with van der Waals surface area (Å²) in [7, 11) is -2.37. The molecular weight excluding hydrogens is 295 g/mol. The van der Waals surface area contributed by atoms with Crippen LogP contribution in [0.5, 0.6) is 0 Å². The topological polar surface area (TPSA) is 69.5 Å². The normalized spacial score (nSPS) is 10.1. The van der Waals surface area contributed by atoms with Crippen molar-refractivity contribution in [1.82, 2.24) is 5.32 Å². The number of aromatic amines is 1. The highest BCUT2D eigenvalue weighted by Crippen LogP contribution is 2.01. The summed E-state index contributed by atoms with van der Waals surface area (Å²) in [6.07, 6.45) is 3.95. The number of amides is 1. The van der Waals surface area contributed by atoms with Gasteiger partial charge >= 0.3 is 13.5 Å². The van der Waals surface area contributed by atoms with Crippen LogP contribution in [-0.2, 0) is 20.7 Å². The molecule has 0 spiro atoms. The molecule has 0 aliphatic carbocycles. The van der Waals surface area contributed by atoms with Crippen LogP contribution in [0, 0.1) is 0 Å². The molecule has 0 aromatic carbocycles. The third-order valence-electron chi connectivity index (χ3n) is 2.07. The number of carbonyl (C=O) groups is 2. The Hall–Kier alpha value is -2.13. The first-order chi connectivity index (χ1) is 9.36. The van der Waals surface area contributed by atoms with E-state index in [1.165, 1.54) is 14.0 Å². The maximum absolute atomic E-state index is 11.4. The standard InChI is InChI=1S/C11H14N2O3.BF3.FH/c1-8(14)13-10(11(15)16-2)6-9-4-3-5-12-7-9;2-1(3)4;/h3-5,7,10H,6H2,1-2H3,(H,13,14);;1H/p+1. The summed E-state index contributed by atoms with van der Waals surface area (Å²) >= 11 is 0. The highest BCUT2D eigenvalue weighted by Gasteiger charge is 2.20. The van der Waals surface area contributed by atoms with E-state index in [1.807, 2.05) is 12.1 Å². The van der Waals surface area contributed by atoms with Gasteiger partial charge in [-0.2, -0.15) is 0 Å². The molecule has 1 unspecified atom stereocenters. The fourth-order valence-electron chi connectivity index (χ4n) is 1.37. The van der Waals surface area contributed by atoms with Crippen molar-refractivity contribution in [2.75, 3.05) is 7.11 Å². The van der Waals surface area contributed by atoms with E-state index in [0.29, 0.717) is 6.42 Å². The SMILES string of the molecule is COC(=O)C(Cc1ccc[nH+]c1)NC(C)=O.F.FB(F)F. The van der Waals surface area contributed by atoms with E-state index in [0.717, 1.165) is 5.56 Å². The molecule has 1 aromatic heterocycles. The summed E-state index contributed by atoms with van der Waals surface area (Å²) in [5.41, 5.74) is 0.923. The second kappa shape index (κ2) is 11.7. The minimum absolute atomic E-state index is 0. The summed E-state index contributed by atoms with van der Waals surface area (Å²) < 4.78 is 33.6. The average molecular weight is 311 g/mol. The Bertz CT molecular complexity index is 420. The summed E-state index contributed by atoms with van der Waals surface area (Å²) in [6, 6.07) is 3.06. The Kier molecular flexibility index (Phi) is 11.8. The molecule has 118 valence electrons. The lowest BCUT2D eigenvalue weighted by Gasteiger charge is -2.14. The van der Waals surface area contributed by atoms with E-state index < -0.39 is 19.6 Å². The van der Waals surface area contributed by atoms with Gasteiger partial charge in [-0.3, -0.25) is 22.4 Å². The lowest BCUT2D eigenvalue weighted by atomic mass is 10.1. The van der Waals surface area contributed by atoms with Crippen molar-refractivity contribution in [2.45, 2.75) is 19.4 Å². The lowest BCUT2D eigenvalue weighted by molar-refractivity contribution is -0.378. The molecular formula is C11H16BF4N2O3+. The minimum Gasteiger partial charge on any atom is -0.467 e. The Morgan fingerprint density at radius 3 is 2.38 bits per heavy atom. The number of H-pyrrole nitrogens is 1. The first-order valence-electron chi connectivity index (χ1n) is 5.59. The molecule has 1 atom stereocenters. The van der Waals surface area contributed by atoms with Gasteiger partial charge in [-0.1, -0.05) is 0 Å². The van der Waals surface area contributed by atoms with Gasteiger partial charge in [-0.25, -0.2) is 9.78 Å². The molecule has 10 heteroatoms. The molecule has 0 aliphatic heterocycles. The Morgan fingerprint density at radius 2 is 2.00 bits per heavy atom. The fraction of sp³-hybridized carbons (Fsp3) is 0.364. The molecule has 0 aliphatic rings. The molecule has 0 saturated carbocycles. The number of nitrogens with one attached hydrogen (secondary N) is 2. The molecule has 21 heavy (non-hydrogen) atoms. The number of halogens is 4. The molecule has 0 bridgehead atoms. The van der Waals surface area contributed by atoms with Crippen LogP contribution >= 0.6 is 0 Å². The predicted molar refractivity (Wildman–Crippen MR) is 67.9 cm³/mol. The average Bonchev–Trinajstić information content (AvgIpc) is 2.37. The summed E-state index contributed by atoms with van der Waals surface area (Å²) in [5.74, 6) is -0.700. The highest BCUT2D eigenvalue weighted by molar-refractivity contribution is 6.33. The number of rotatable bonds is 4. The van der Waals surface area contributed by atoms with Crippen LogP contribution in [0.25, 0.3) is 0 Å². The van der Waals surface area contributed by atoms with Gasteiger partial charge in [0.15, 0.2) is 12.4 Å². The van der Waals surface area contributed by atoms with Gasteiger partial charge in [0.25, 0.3) is 0 Å². The largest absolute Gasteiger partial charge is 0.762 e. The Labute approximate surface area is 119 Å². The molecule has 5 nitrogen and oxygen atoms in total. The number of hydrogen-bond donors (Lipinski definition) is 1. The third kappa shape index (κ3) is 11.4. The first-order valence-corrected chi connectivity index (χ1v) is 5.59. The zero-order valence-corrected chi connectivity index (χ0v) is 11.4. The molecule has 0 radical (unpaired) electrons. The van der Waals surface area contributed by atoms with Crippen LogP contribution in [0.3, 0.4) is 0 Å². The van der Waals surface area contributed by atoms with E-state index >= 15 is 0 Å². The van der Waals surface area contributed by atoms with E-state index in [1.54, 1.807) is 12.4 Å². The Morgan fingerprint density at radius 1 is 1.43 bits per heavy atom. The van der Waals surface area contributed by atoms with Crippen LogP contribution in [0.15, 0.2) is 24.5 Å². The molecule has 1 aromatic rings. The third-order valence-corrected chi connectivity index (χ3v) is 2.07. The van der Waals surface area contributed by atoms with E-state index in [9.17, 15) is 22.5 Å². The van der Waals surface area contributed by atoms with Gasteiger partial charge in [0.2, 0.25) is 5.91 Å². The van der Waals surface area contributed by atoms with Crippen LogP contribution < -0.4 is 10.3 Å². The van der Waals surface area contributed by atoms with Gasteiger partial charge in [-0.15, -0.1) is 0 Å². The smallest absolute Gasteiger partial charge is 0.467 e. The number of esters is 1. The minimum atomic E-state index is -3.67. The number of methoxy groups -OCH3 is 1. The van der Waals surface area contributed by atoms with Crippen molar-refractivity contribution in [3.05, 3.63) is 30.1 Å². The summed E-state index contributed by atoms with van der Waals surface area (Å²) in [4.78, 5) is 25.3. The van der Waals surface area contributed by atoms with Gasteiger partial charge in [-0.05, 0) is 6.07 Å². The van der Waals surface area contributed by atoms with Crippen molar-refractivity contribution in [2.24, 2.45) is 0 Å². The monoisotopic (exact) mass is 311 g/mol. The number of hydrogen-bond acceptors (Lipinski definition) is 3. The molecule has 1 amide bonds. The van der Waals surface area contributed by atoms with E-state index in [4.69, 9.17) is 0 Å². The van der Waals surface area contributed by atoms with Crippen molar-refractivity contribution < 1.29 is 37.0 Å². The Balaban J connectivity index is 0.